The number of amides is 2. The van der Waals surface area contributed by atoms with E-state index in [2.05, 4.69) is 46.2 Å². The number of carbonyl (C=O) groups is 2. The Balaban J connectivity index is 1.06. The Bertz CT molecular complexity index is 1800. The molecule has 2 aromatic carbocycles. The van der Waals surface area contributed by atoms with E-state index in [4.69, 9.17) is 14.2 Å². The van der Waals surface area contributed by atoms with Gasteiger partial charge >= 0.3 is 6.09 Å². The number of rotatable bonds is 11. The first-order valence-electron chi connectivity index (χ1n) is 15.4. The summed E-state index contributed by atoms with van der Waals surface area (Å²) in [6.45, 7) is 6.79. The topological polar surface area (TPSA) is 106 Å². The van der Waals surface area contributed by atoms with Crippen LogP contribution in [0.5, 0.6) is 5.75 Å². The summed E-state index contributed by atoms with van der Waals surface area (Å²) < 4.78 is 47.0. The number of nitrogens with zero attached hydrogens (tertiary/aromatic N) is 4. The van der Waals surface area contributed by atoms with E-state index in [1.807, 2.05) is 6.07 Å². The van der Waals surface area contributed by atoms with E-state index in [1.54, 1.807) is 11.0 Å². The fourth-order valence-electron chi connectivity index (χ4n) is 5.84. The van der Waals surface area contributed by atoms with Crippen LogP contribution in [0.3, 0.4) is 0 Å². The molecule has 6 rings (SSSR count). The summed E-state index contributed by atoms with van der Waals surface area (Å²) in [5.41, 5.74) is 4.62. The van der Waals surface area contributed by atoms with Crippen LogP contribution < -0.4 is 10.1 Å². The van der Waals surface area contributed by atoms with Gasteiger partial charge in [0.15, 0.2) is 0 Å². The summed E-state index contributed by atoms with van der Waals surface area (Å²) in [7, 11) is 2.09. The minimum Gasteiger partial charge on any atom is -0.490 e. The number of fused-ring (bicyclic) bond motifs is 2. The molecule has 1 unspecified atom stereocenters. The number of halogens is 2. The average Bonchev–Trinajstić information content (AvgIpc) is 3.70. The van der Waals surface area contributed by atoms with E-state index in [-0.39, 0.29) is 44.1 Å². The summed E-state index contributed by atoms with van der Waals surface area (Å²) in [4.78, 5) is 27.6. The number of likely N-dealkylation sites (N-methyl/N-ethyl adjacent to an activating group) is 1. The lowest BCUT2D eigenvalue weighted by molar-refractivity contribution is -0.125. The van der Waals surface area contributed by atoms with Crippen molar-refractivity contribution in [3.05, 3.63) is 77.2 Å². The molecule has 0 spiro atoms. The van der Waals surface area contributed by atoms with Crippen LogP contribution >= 0.6 is 11.3 Å². The Morgan fingerprint density at radius 1 is 1.09 bits per heavy atom. The lowest BCUT2D eigenvalue weighted by atomic mass is 9.95. The lowest BCUT2D eigenvalue weighted by Crippen LogP contribution is -2.34. The van der Waals surface area contributed by atoms with Gasteiger partial charge in [-0.2, -0.15) is 0 Å². The van der Waals surface area contributed by atoms with Gasteiger partial charge in [-0.3, -0.25) is 4.79 Å². The molecule has 2 aliphatic rings. The van der Waals surface area contributed by atoms with Crippen LogP contribution in [0, 0.1) is 11.6 Å². The number of nitrogens with one attached hydrogen (secondary N) is 1. The number of hydrogen-bond donors (Lipinski definition) is 1. The molecule has 4 aromatic rings. The molecule has 10 nitrogen and oxygen atoms in total. The Labute approximate surface area is 274 Å². The second kappa shape index (κ2) is 14.5. The molecule has 2 amide bonds. The molecule has 0 saturated carbocycles. The molecule has 0 bridgehead atoms. The maximum Gasteiger partial charge on any atom is 0.407 e. The quantitative estimate of drug-likeness (QED) is 0.173. The Hall–Kier alpha value is -4.46. The number of carbonyl (C=O) groups excluding carboxylic acids is 2. The van der Waals surface area contributed by atoms with Crippen LogP contribution in [0.2, 0.25) is 0 Å². The zero-order chi connectivity index (χ0) is 32.9. The van der Waals surface area contributed by atoms with Crippen molar-refractivity contribution in [3.63, 3.8) is 0 Å². The highest BCUT2D eigenvalue weighted by molar-refractivity contribution is 7.17. The third kappa shape index (κ3) is 7.42. The zero-order valence-corrected chi connectivity index (χ0v) is 26.8. The van der Waals surface area contributed by atoms with Gasteiger partial charge in [0.2, 0.25) is 5.91 Å². The van der Waals surface area contributed by atoms with E-state index < -0.39 is 17.7 Å². The molecule has 1 fully saturated rings. The highest BCUT2D eigenvalue weighted by Gasteiger charge is 2.27. The number of alkyl carbamates (subject to hydrolysis) is 1. The van der Waals surface area contributed by atoms with Crippen LogP contribution in [-0.2, 0) is 27.2 Å². The van der Waals surface area contributed by atoms with E-state index in [0.29, 0.717) is 46.5 Å². The van der Waals surface area contributed by atoms with Crippen molar-refractivity contribution in [1.82, 2.24) is 25.3 Å². The summed E-state index contributed by atoms with van der Waals surface area (Å²) in [5, 5.41) is 13.4. The first kappa shape index (κ1) is 32.5. The Morgan fingerprint density at radius 3 is 2.79 bits per heavy atom. The van der Waals surface area contributed by atoms with Gasteiger partial charge in [-0.25, -0.2) is 13.6 Å². The third-order valence-corrected chi connectivity index (χ3v) is 9.19. The van der Waals surface area contributed by atoms with Gasteiger partial charge < -0.3 is 29.3 Å². The second-order valence-electron chi connectivity index (χ2n) is 11.5. The summed E-state index contributed by atoms with van der Waals surface area (Å²) in [6.07, 6.45) is 1.76. The predicted molar refractivity (Wildman–Crippen MR) is 174 cm³/mol. The van der Waals surface area contributed by atoms with Crippen LogP contribution in [0.15, 0.2) is 54.4 Å². The molecule has 47 heavy (non-hydrogen) atoms. The van der Waals surface area contributed by atoms with Crippen LogP contribution in [0.1, 0.15) is 17.5 Å². The summed E-state index contributed by atoms with van der Waals surface area (Å²) in [6, 6.07) is 10.2. The molecule has 0 aliphatic carbocycles. The van der Waals surface area contributed by atoms with Crippen LogP contribution in [0.4, 0.5) is 13.6 Å². The van der Waals surface area contributed by atoms with Crippen molar-refractivity contribution in [2.24, 2.45) is 0 Å². The molecule has 13 heteroatoms. The highest BCUT2D eigenvalue weighted by atomic mass is 32.1. The fourth-order valence-corrected chi connectivity index (χ4v) is 6.76. The minimum atomic E-state index is -0.588. The van der Waals surface area contributed by atoms with Crippen molar-refractivity contribution >= 4 is 33.4 Å². The average molecular weight is 664 g/mol. The molecular weight excluding hydrogens is 628 g/mol. The smallest absolute Gasteiger partial charge is 0.407 e. The van der Waals surface area contributed by atoms with Gasteiger partial charge in [0.25, 0.3) is 0 Å². The summed E-state index contributed by atoms with van der Waals surface area (Å²) >= 11 is 1.21. The lowest BCUT2D eigenvalue weighted by Gasteiger charge is -2.25. The van der Waals surface area contributed by atoms with Crippen LogP contribution in [0.25, 0.3) is 32.6 Å². The first-order valence-corrected chi connectivity index (χ1v) is 16.3. The molecule has 4 heterocycles. The monoisotopic (exact) mass is 663 g/mol. The molecule has 2 aliphatic heterocycles. The van der Waals surface area contributed by atoms with Gasteiger partial charge in [0.1, 0.15) is 41.5 Å². The normalized spacial score (nSPS) is 16.2. The van der Waals surface area contributed by atoms with E-state index in [1.165, 1.54) is 46.1 Å². The number of benzene rings is 2. The minimum absolute atomic E-state index is 0.0912. The number of aromatic nitrogens is 2. The number of hydrogen-bond acceptors (Lipinski definition) is 9. The van der Waals surface area contributed by atoms with Crippen molar-refractivity contribution in [1.29, 1.82) is 0 Å². The van der Waals surface area contributed by atoms with Gasteiger partial charge in [-0.15, -0.1) is 21.5 Å². The van der Waals surface area contributed by atoms with Crippen molar-refractivity contribution in [3.8, 4) is 28.3 Å². The van der Waals surface area contributed by atoms with Gasteiger partial charge in [0.05, 0.1) is 29.8 Å². The van der Waals surface area contributed by atoms with Gasteiger partial charge in [-0.05, 0) is 48.9 Å². The maximum absolute atomic E-state index is 15.3. The molecule has 0 radical (unpaired) electrons. The van der Waals surface area contributed by atoms with Crippen molar-refractivity contribution in [2.75, 3.05) is 53.0 Å². The van der Waals surface area contributed by atoms with E-state index in [9.17, 15) is 14.0 Å². The Kier molecular flexibility index (Phi) is 10.0. The first-order chi connectivity index (χ1) is 22.8. The molecule has 2 aromatic heterocycles. The largest absolute Gasteiger partial charge is 0.490 e. The molecular formula is C34H35F2N5O5S. The third-order valence-electron chi connectivity index (χ3n) is 8.24. The Morgan fingerprint density at radius 2 is 1.94 bits per heavy atom. The highest BCUT2D eigenvalue weighted by Crippen LogP contribution is 2.41. The zero-order valence-electron chi connectivity index (χ0n) is 26.0. The van der Waals surface area contributed by atoms with E-state index >= 15 is 4.39 Å². The number of ether oxygens (including phenoxy) is 3. The molecule has 1 atom stereocenters. The molecule has 1 saturated heterocycles. The number of thiophene rings is 1. The van der Waals surface area contributed by atoms with Gasteiger partial charge in [0, 0.05) is 55.2 Å². The van der Waals surface area contributed by atoms with Crippen molar-refractivity contribution in [2.45, 2.75) is 25.5 Å². The van der Waals surface area contributed by atoms with Gasteiger partial charge in [-0.1, -0.05) is 18.7 Å². The fraction of sp³-hybridized carbons (Fsp3) is 0.353. The predicted octanol–water partition coefficient (Wildman–Crippen LogP) is 5.20. The molecule has 1 N–H and O–H groups in total. The maximum atomic E-state index is 15.3. The van der Waals surface area contributed by atoms with Crippen LogP contribution in [-0.4, -0.2) is 91.1 Å². The molecule has 246 valence electrons. The SMILES string of the molecule is C=CC(=O)N1CCC(OC(=O)NCCOCCOc2cc(F)ccc2-c2nnc(-c3ccc4c(c3)CCN(C)C4)c3c(F)csc23)C1. The van der Waals surface area contributed by atoms with E-state index in [0.717, 1.165) is 25.1 Å². The standard InChI is InChI=1S/C34H35F2N5O5S/c1-3-29(42)41-12-9-25(19-41)46-34(43)37-10-13-44-14-15-45-28-17-24(35)6-7-26(28)32-33-30(27(36)20-47-33)31(38-39-32)22-4-5-23-18-40(2)11-8-21(23)16-22/h3-7,16-17,20,25H,1,8-15,18-19H2,2H3,(H,37,43). The van der Waals surface area contributed by atoms with Crippen molar-refractivity contribution < 1.29 is 32.6 Å². The number of likely N-dealkylation sites (tertiary alicyclic amines) is 1. The second-order valence-corrected chi connectivity index (χ2v) is 12.4. The summed E-state index contributed by atoms with van der Waals surface area (Å²) in [5.74, 6) is -0.848.